The Hall–Kier alpha value is -2.16. The van der Waals surface area contributed by atoms with Crippen LogP contribution in [0.4, 0.5) is 0 Å². The molecule has 1 N–H and O–H groups in total. The molecule has 3 rings (SSSR count). The third kappa shape index (κ3) is 5.42. The summed E-state index contributed by atoms with van der Waals surface area (Å²) in [7, 11) is 1.76. The van der Waals surface area contributed by atoms with Crippen molar-refractivity contribution in [2.45, 2.75) is 70.5 Å². The summed E-state index contributed by atoms with van der Waals surface area (Å²) in [6, 6.07) is -0.618. The fourth-order valence-corrected chi connectivity index (χ4v) is 5.41. The second kappa shape index (κ2) is 11.1. The van der Waals surface area contributed by atoms with Crippen LogP contribution in [0.1, 0.15) is 52.4 Å². The summed E-state index contributed by atoms with van der Waals surface area (Å²) in [5, 5.41) is 2.44. The topological polar surface area (TPSA) is 93.3 Å². The number of amides is 4. The minimum absolute atomic E-state index is 0.0281. The first-order chi connectivity index (χ1) is 15.3. The summed E-state index contributed by atoms with van der Waals surface area (Å²) >= 11 is 0. The summed E-state index contributed by atoms with van der Waals surface area (Å²) in [6.07, 6.45) is 5.98. The smallest absolute Gasteiger partial charge is 0.245 e. The summed E-state index contributed by atoms with van der Waals surface area (Å²) in [4.78, 5) is 57.2. The molecule has 0 spiro atoms. The molecule has 3 aliphatic heterocycles. The Kier molecular flexibility index (Phi) is 8.51. The zero-order chi connectivity index (χ0) is 23.3. The Labute approximate surface area is 191 Å². The molecule has 32 heavy (non-hydrogen) atoms. The molecular weight excluding hydrogens is 410 g/mol. The highest BCUT2D eigenvalue weighted by Gasteiger charge is 2.43. The SMILES string of the molecule is CC(C)[C@@H](CN1CCC[C@H]1C(=O)N1CCCC1C(=O)N1CCCC1)N(C)C(=O)CNC=O. The fraction of sp³-hybridized carbons (Fsp3) is 0.826. The largest absolute Gasteiger partial charge is 0.350 e. The first-order valence-corrected chi connectivity index (χ1v) is 12.1. The number of nitrogens with one attached hydrogen (secondary N) is 1. The highest BCUT2D eigenvalue weighted by molar-refractivity contribution is 5.90. The van der Waals surface area contributed by atoms with Gasteiger partial charge in [0, 0.05) is 39.3 Å². The van der Waals surface area contributed by atoms with E-state index in [9.17, 15) is 19.2 Å². The van der Waals surface area contributed by atoms with E-state index < -0.39 is 0 Å². The van der Waals surface area contributed by atoms with Crippen molar-refractivity contribution in [3.05, 3.63) is 0 Å². The Morgan fingerprint density at radius 3 is 2.28 bits per heavy atom. The first kappa shape index (κ1) is 24.5. The van der Waals surface area contributed by atoms with Crippen LogP contribution in [-0.2, 0) is 19.2 Å². The Morgan fingerprint density at radius 2 is 1.62 bits per heavy atom. The molecule has 180 valence electrons. The van der Waals surface area contributed by atoms with Crippen LogP contribution in [0.25, 0.3) is 0 Å². The van der Waals surface area contributed by atoms with E-state index in [-0.39, 0.29) is 48.3 Å². The maximum absolute atomic E-state index is 13.6. The predicted molar refractivity (Wildman–Crippen MR) is 121 cm³/mol. The van der Waals surface area contributed by atoms with Gasteiger partial charge in [0.2, 0.25) is 24.1 Å². The van der Waals surface area contributed by atoms with Gasteiger partial charge >= 0.3 is 0 Å². The molecule has 9 heteroatoms. The van der Waals surface area contributed by atoms with Crippen molar-refractivity contribution >= 4 is 24.1 Å². The standard InChI is InChI=1S/C23H39N5O4/c1-17(2)20(25(3)21(30)14-24-16-29)15-27-12-6-8-18(27)23(32)28-13-7-9-19(28)22(31)26-10-4-5-11-26/h16-20H,4-15H2,1-3H3,(H,24,29)/t18-,19?,20+/m0/s1. The molecule has 3 fully saturated rings. The fourth-order valence-electron chi connectivity index (χ4n) is 5.41. The molecule has 1 unspecified atom stereocenters. The van der Waals surface area contributed by atoms with Gasteiger partial charge < -0.3 is 20.0 Å². The van der Waals surface area contributed by atoms with Crippen molar-refractivity contribution in [3.63, 3.8) is 0 Å². The van der Waals surface area contributed by atoms with E-state index in [0.29, 0.717) is 19.5 Å². The molecule has 0 radical (unpaired) electrons. The third-order valence-electron chi connectivity index (χ3n) is 7.31. The van der Waals surface area contributed by atoms with Gasteiger partial charge in [0.1, 0.15) is 6.04 Å². The predicted octanol–water partition coefficient (Wildman–Crippen LogP) is 0.293. The zero-order valence-corrected chi connectivity index (χ0v) is 19.8. The molecule has 9 nitrogen and oxygen atoms in total. The van der Waals surface area contributed by atoms with E-state index in [1.165, 1.54) is 0 Å². The maximum Gasteiger partial charge on any atom is 0.245 e. The second-order valence-corrected chi connectivity index (χ2v) is 9.69. The van der Waals surface area contributed by atoms with Crippen LogP contribution in [0.15, 0.2) is 0 Å². The van der Waals surface area contributed by atoms with E-state index in [2.05, 4.69) is 24.1 Å². The van der Waals surface area contributed by atoms with Crippen LogP contribution < -0.4 is 5.32 Å². The van der Waals surface area contributed by atoms with Gasteiger partial charge in [0.15, 0.2) is 0 Å². The maximum atomic E-state index is 13.6. The highest BCUT2D eigenvalue weighted by Crippen LogP contribution is 2.27. The molecule has 3 saturated heterocycles. The summed E-state index contributed by atoms with van der Waals surface area (Å²) in [5.74, 6) is 0.240. The van der Waals surface area contributed by atoms with Crippen LogP contribution in [0.5, 0.6) is 0 Å². The summed E-state index contributed by atoms with van der Waals surface area (Å²) in [5.41, 5.74) is 0. The Bertz CT molecular complexity index is 694. The number of hydrogen-bond acceptors (Lipinski definition) is 5. The van der Waals surface area contributed by atoms with Gasteiger partial charge in [-0.15, -0.1) is 0 Å². The molecule has 3 atom stereocenters. The molecule has 0 aliphatic carbocycles. The van der Waals surface area contributed by atoms with Gasteiger partial charge in [-0.3, -0.25) is 24.1 Å². The molecule has 3 heterocycles. The number of likely N-dealkylation sites (N-methyl/N-ethyl adjacent to an activating group) is 1. The van der Waals surface area contributed by atoms with E-state index in [1.807, 2.05) is 9.80 Å². The number of nitrogens with zero attached hydrogens (tertiary/aromatic N) is 4. The molecule has 3 aliphatic rings. The van der Waals surface area contributed by atoms with E-state index in [4.69, 9.17) is 0 Å². The van der Waals surface area contributed by atoms with Crippen LogP contribution in [0, 0.1) is 5.92 Å². The molecule has 0 bridgehead atoms. The summed E-state index contributed by atoms with van der Waals surface area (Å²) in [6.45, 7) is 7.79. The van der Waals surface area contributed by atoms with Crippen molar-refractivity contribution in [1.29, 1.82) is 0 Å². The second-order valence-electron chi connectivity index (χ2n) is 9.69. The molecule has 0 saturated carbocycles. The minimum Gasteiger partial charge on any atom is -0.350 e. The van der Waals surface area contributed by atoms with Crippen LogP contribution in [0.2, 0.25) is 0 Å². The van der Waals surface area contributed by atoms with Crippen molar-refractivity contribution in [2.24, 2.45) is 5.92 Å². The van der Waals surface area contributed by atoms with Crippen molar-refractivity contribution in [3.8, 4) is 0 Å². The zero-order valence-electron chi connectivity index (χ0n) is 19.8. The number of carbonyl (C=O) groups is 4. The average molecular weight is 450 g/mol. The molecule has 4 amide bonds. The molecule has 0 aromatic carbocycles. The summed E-state index contributed by atoms with van der Waals surface area (Å²) < 4.78 is 0. The Balaban J connectivity index is 1.66. The van der Waals surface area contributed by atoms with Gasteiger partial charge in [0.05, 0.1) is 12.6 Å². The van der Waals surface area contributed by atoms with E-state index in [0.717, 1.165) is 58.2 Å². The van der Waals surface area contributed by atoms with Crippen LogP contribution >= 0.6 is 0 Å². The van der Waals surface area contributed by atoms with Crippen molar-refractivity contribution < 1.29 is 19.2 Å². The lowest BCUT2D eigenvalue weighted by atomic mass is 10.0. The number of hydrogen-bond donors (Lipinski definition) is 1. The monoisotopic (exact) mass is 449 g/mol. The molecular formula is C23H39N5O4. The normalized spacial score (nSPS) is 24.8. The molecule has 0 aromatic heterocycles. The van der Waals surface area contributed by atoms with Gasteiger partial charge in [-0.05, 0) is 51.0 Å². The first-order valence-electron chi connectivity index (χ1n) is 12.1. The van der Waals surface area contributed by atoms with Gasteiger partial charge in [-0.25, -0.2) is 0 Å². The van der Waals surface area contributed by atoms with Gasteiger partial charge in [-0.2, -0.15) is 0 Å². The van der Waals surface area contributed by atoms with Crippen LogP contribution in [-0.4, -0.2) is 108 Å². The van der Waals surface area contributed by atoms with Gasteiger partial charge in [0.25, 0.3) is 0 Å². The number of rotatable bonds is 9. The number of carbonyl (C=O) groups excluding carboxylic acids is 4. The molecule has 0 aromatic rings. The van der Waals surface area contributed by atoms with Crippen molar-refractivity contribution in [1.82, 2.24) is 24.9 Å². The van der Waals surface area contributed by atoms with E-state index >= 15 is 0 Å². The lowest BCUT2D eigenvalue weighted by molar-refractivity contribution is -0.146. The highest BCUT2D eigenvalue weighted by atomic mass is 16.2. The van der Waals surface area contributed by atoms with Crippen molar-refractivity contribution in [2.75, 3.05) is 46.3 Å². The quantitative estimate of drug-likeness (QED) is 0.511. The Morgan fingerprint density at radius 1 is 0.969 bits per heavy atom. The lowest BCUT2D eigenvalue weighted by Gasteiger charge is -2.37. The van der Waals surface area contributed by atoms with Gasteiger partial charge in [-0.1, -0.05) is 13.8 Å². The number of likely N-dealkylation sites (tertiary alicyclic amines) is 3. The lowest BCUT2D eigenvalue weighted by Crippen LogP contribution is -2.55. The van der Waals surface area contributed by atoms with E-state index in [1.54, 1.807) is 11.9 Å². The third-order valence-corrected chi connectivity index (χ3v) is 7.31. The van der Waals surface area contributed by atoms with Crippen LogP contribution in [0.3, 0.4) is 0 Å². The average Bonchev–Trinajstić information content (AvgIpc) is 3.55. The minimum atomic E-state index is -0.317.